The predicted molar refractivity (Wildman–Crippen MR) is 283 cm³/mol. The zero-order valence-electron chi connectivity index (χ0n) is 44.4. The maximum absolute atomic E-state index is 12.8. The average Bonchev–Trinajstić information content (AvgIpc) is 3.34. The molecule has 71 heavy (non-hydrogen) atoms. The van der Waals surface area contributed by atoms with Gasteiger partial charge in [-0.15, -0.1) is 0 Å². The van der Waals surface area contributed by atoms with E-state index in [9.17, 15) is 38.1 Å². The number of carbonyl (C=O) groups is 4. The van der Waals surface area contributed by atoms with E-state index in [-0.39, 0.29) is 63.5 Å². The lowest BCUT2D eigenvalue weighted by Gasteiger charge is -2.20. The zero-order chi connectivity index (χ0) is 52.4. The summed E-state index contributed by atoms with van der Waals surface area (Å²) in [7, 11) is -7.74. The third kappa shape index (κ3) is 50.8. The number of ketones is 2. The van der Waals surface area contributed by atoms with Crippen LogP contribution in [-0.4, -0.2) is 68.0 Å². The van der Waals surface area contributed by atoms with Gasteiger partial charge in [-0.05, 0) is 103 Å². The molecule has 0 aliphatic rings. The second-order valence-electron chi connectivity index (χ2n) is 18.4. The quantitative estimate of drug-likeness (QED) is 0.0261. The van der Waals surface area contributed by atoms with E-state index in [4.69, 9.17) is 18.5 Å². The maximum atomic E-state index is 12.8. The van der Waals surface area contributed by atoms with E-state index < -0.39 is 40.3 Å². The molecule has 0 amide bonds. The van der Waals surface area contributed by atoms with Crippen LogP contribution < -0.4 is 4.89 Å². The van der Waals surface area contributed by atoms with Crippen molar-refractivity contribution >= 4 is 39.2 Å². The Labute approximate surface area is 430 Å². The predicted octanol–water partition coefficient (Wildman–Crippen LogP) is 14.8. The Morgan fingerprint density at radius 2 is 0.873 bits per heavy atom. The first-order valence-corrected chi connectivity index (χ1v) is 30.4. The van der Waals surface area contributed by atoms with E-state index in [0.29, 0.717) is 44.9 Å². The second-order valence-corrected chi connectivity index (χ2v) is 21.3. The summed E-state index contributed by atoms with van der Waals surface area (Å²) < 4.78 is 54.1. The smallest absolute Gasteiger partial charge is 0.472 e. The number of Topliss-reactive ketones (excluding diaryl/α,β-unsaturated/α-hetero) is 2. The Morgan fingerprint density at radius 1 is 0.465 bits per heavy atom. The highest BCUT2D eigenvalue weighted by Crippen LogP contribution is 2.43. The number of phosphoric ester groups is 2. The van der Waals surface area contributed by atoms with Crippen LogP contribution in [0.25, 0.3) is 0 Å². The summed E-state index contributed by atoms with van der Waals surface area (Å²) in [6.45, 7) is 3.41. The van der Waals surface area contributed by atoms with Crippen molar-refractivity contribution in [3.05, 3.63) is 48.6 Å². The lowest BCUT2D eigenvalue weighted by atomic mass is 10.0. The largest absolute Gasteiger partial charge is 0.756 e. The number of allylic oxidation sites excluding steroid dienone is 8. The molecule has 0 fully saturated rings. The number of unbranched alkanes of at least 4 members (excludes halogenated alkanes) is 20. The normalized spacial score (nSPS) is 14.2. The van der Waals surface area contributed by atoms with Crippen molar-refractivity contribution in [1.82, 2.24) is 0 Å². The van der Waals surface area contributed by atoms with Crippen LogP contribution in [0.15, 0.2) is 48.6 Å². The van der Waals surface area contributed by atoms with Gasteiger partial charge in [0.2, 0.25) is 0 Å². The van der Waals surface area contributed by atoms with E-state index >= 15 is 0 Å². The fraction of sp³-hybridized carbons (Fsp3) is 0.782. The molecule has 0 heterocycles. The Morgan fingerprint density at radius 3 is 1.38 bits per heavy atom. The van der Waals surface area contributed by atoms with Crippen molar-refractivity contribution in [2.45, 2.75) is 245 Å². The number of rotatable bonds is 53. The molecule has 14 nitrogen and oxygen atoms in total. The highest BCUT2D eigenvalue weighted by Gasteiger charge is 2.26. The van der Waals surface area contributed by atoms with Crippen LogP contribution in [0.2, 0.25) is 0 Å². The van der Waals surface area contributed by atoms with Crippen molar-refractivity contribution in [3.63, 3.8) is 0 Å². The monoisotopic (exact) mass is 1040 g/mol. The molecule has 0 aromatic heterocycles. The van der Waals surface area contributed by atoms with Gasteiger partial charge in [-0.3, -0.25) is 32.8 Å². The average molecular weight is 1040 g/mol. The molecule has 0 spiro atoms. The van der Waals surface area contributed by atoms with Gasteiger partial charge in [0, 0.05) is 45.6 Å². The van der Waals surface area contributed by atoms with Gasteiger partial charge in [0.25, 0.3) is 7.82 Å². The topological polar surface area (TPSA) is 201 Å². The van der Waals surface area contributed by atoms with Gasteiger partial charge in [0.15, 0.2) is 6.10 Å². The molecule has 0 aliphatic heterocycles. The number of esters is 2. The van der Waals surface area contributed by atoms with Gasteiger partial charge in [-0.25, -0.2) is 4.57 Å². The summed E-state index contributed by atoms with van der Waals surface area (Å²) in [5.74, 6) is -0.973. The summed E-state index contributed by atoms with van der Waals surface area (Å²) in [5.41, 5.74) is 0. The molecule has 0 aromatic carbocycles. The van der Waals surface area contributed by atoms with E-state index in [1.807, 2.05) is 0 Å². The molecule has 0 radical (unpaired) electrons. The van der Waals surface area contributed by atoms with Crippen molar-refractivity contribution in [2.75, 3.05) is 33.5 Å². The van der Waals surface area contributed by atoms with Crippen molar-refractivity contribution in [3.8, 4) is 0 Å². The van der Waals surface area contributed by atoms with Gasteiger partial charge >= 0.3 is 19.8 Å². The Bertz CT molecular complexity index is 1540. The SMILES string of the molecule is CCCCC/C=C\C/C=C\CCCCCCCC(=O)OC[C@H](COP(=O)(O)OCCCC(=O)CCCC(=O)CCCCCCCOP(=O)([O-])OC)OC(=O)CCCCCCC/C=C\C/C=C\CCCCC. The van der Waals surface area contributed by atoms with Crippen LogP contribution in [0.5, 0.6) is 0 Å². The Kier molecular flexibility index (Phi) is 47.9. The molecule has 0 aromatic rings. The van der Waals surface area contributed by atoms with Crippen LogP contribution in [0, 0.1) is 0 Å². The van der Waals surface area contributed by atoms with Gasteiger partial charge in [-0.1, -0.05) is 146 Å². The molecule has 412 valence electrons. The minimum atomic E-state index is -4.60. The Hall–Kier alpha value is -2.54. The second kappa shape index (κ2) is 49.7. The van der Waals surface area contributed by atoms with E-state index in [0.717, 1.165) is 116 Å². The molecular formula is C55H97O14P2-. The summed E-state index contributed by atoms with van der Waals surface area (Å²) in [6, 6.07) is 0. The van der Waals surface area contributed by atoms with Crippen molar-refractivity contribution in [2.24, 2.45) is 0 Å². The van der Waals surface area contributed by atoms with Crippen LogP contribution in [0.1, 0.15) is 239 Å². The van der Waals surface area contributed by atoms with Crippen molar-refractivity contribution < 1.29 is 65.7 Å². The van der Waals surface area contributed by atoms with Gasteiger partial charge in [0.1, 0.15) is 18.2 Å². The number of carbonyl (C=O) groups excluding carboxylic acids is 4. The molecule has 0 aliphatic carbocycles. The van der Waals surface area contributed by atoms with E-state index in [1.54, 1.807) is 0 Å². The number of hydrogen-bond acceptors (Lipinski definition) is 13. The minimum absolute atomic E-state index is 0.0647. The number of ether oxygens (including phenoxy) is 2. The van der Waals surface area contributed by atoms with Gasteiger partial charge in [0.05, 0.1) is 19.8 Å². The molecular weight excluding hydrogens is 947 g/mol. The first kappa shape index (κ1) is 68.5. The number of phosphoric acid groups is 2. The molecule has 3 atom stereocenters. The highest BCUT2D eigenvalue weighted by atomic mass is 31.2. The Balaban J connectivity index is 4.64. The highest BCUT2D eigenvalue weighted by molar-refractivity contribution is 7.47. The lowest BCUT2D eigenvalue weighted by molar-refractivity contribution is -0.223. The van der Waals surface area contributed by atoms with Crippen LogP contribution in [0.4, 0.5) is 0 Å². The summed E-state index contributed by atoms with van der Waals surface area (Å²) in [6.07, 6.45) is 45.7. The standard InChI is InChI=1S/C55H98O14P2/c1-4-6-8-10-12-14-16-18-20-22-24-26-28-32-36-45-54(58)65-49-53(69-55(59)46-37-33-29-27-25-23-21-19-17-15-13-11-9-7-5-2)50-68-71(62,63)67-48-40-44-52(57)43-39-42-51(56)41-35-31-30-34-38-47-66-70(60,61)64-3/h12-15,18-21,53H,4-11,16-17,22-50H2,1-3H3,(H,60,61)(H,62,63)/p-1/b14-12-,15-13-,20-18-,21-19-/t53-/m1/s1. The summed E-state index contributed by atoms with van der Waals surface area (Å²) in [4.78, 5) is 71.6. The molecule has 16 heteroatoms. The number of hydrogen-bond donors (Lipinski definition) is 1. The molecule has 0 saturated heterocycles. The first-order chi connectivity index (χ1) is 34.3. The summed E-state index contributed by atoms with van der Waals surface area (Å²) >= 11 is 0. The van der Waals surface area contributed by atoms with E-state index in [1.165, 1.54) is 38.5 Å². The van der Waals surface area contributed by atoms with Crippen molar-refractivity contribution in [1.29, 1.82) is 0 Å². The molecule has 1 N–H and O–H groups in total. The lowest BCUT2D eigenvalue weighted by Crippen LogP contribution is -2.29. The van der Waals surface area contributed by atoms with Crippen LogP contribution in [-0.2, 0) is 55.9 Å². The van der Waals surface area contributed by atoms with Crippen LogP contribution in [0.3, 0.4) is 0 Å². The third-order valence-corrected chi connectivity index (χ3v) is 13.6. The van der Waals surface area contributed by atoms with Gasteiger partial charge in [-0.2, -0.15) is 0 Å². The minimum Gasteiger partial charge on any atom is -0.756 e. The fourth-order valence-corrected chi connectivity index (χ4v) is 8.61. The zero-order valence-corrected chi connectivity index (χ0v) is 46.2. The third-order valence-electron chi connectivity index (χ3n) is 11.7. The summed E-state index contributed by atoms with van der Waals surface area (Å²) in [5, 5.41) is 0. The maximum Gasteiger partial charge on any atom is 0.472 e. The first-order valence-electron chi connectivity index (χ1n) is 27.5. The van der Waals surface area contributed by atoms with Crippen LogP contribution >= 0.6 is 15.6 Å². The molecule has 0 rings (SSSR count). The van der Waals surface area contributed by atoms with Gasteiger partial charge < -0.3 is 28.3 Å². The van der Waals surface area contributed by atoms with E-state index in [2.05, 4.69) is 71.5 Å². The molecule has 0 bridgehead atoms. The fourth-order valence-electron chi connectivity index (χ4n) is 7.36. The molecule has 0 saturated carbocycles. The molecule has 2 unspecified atom stereocenters.